The topological polar surface area (TPSA) is 97.4 Å². The molecule has 2 fully saturated rings. The van der Waals surface area contributed by atoms with E-state index in [2.05, 4.69) is 26.1 Å². The summed E-state index contributed by atoms with van der Waals surface area (Å²) in [6, 6.07) is 16.2. The van der Waals surface area contributed by atoms with Crippen LogP contribution in [0.25, 0.3) is 6.08 Å². The van der Waals surface area contributed by atoms with E-state index in [1.54, 1.807) is 36.4 Å². The Balaban J connectivity index is 1.28. The van der Waals surface area contributed by atoms with E-state index in [0.29, 0.717) is 70.2 Å². The van der Waals surface area contributed by atoms with Crippen molar-refractivity contribution in [2.45, 2.75) is 13.5 Å². The molecule has 230 valence electrons. The van der Waals surface area contributed by atoms with E-state index in [-0.39, 0.29) is 11.5 Å². The second-order valence-corrected chi connectivity index (χ2v) is 12.4. The molecule has 1 N–H and O–H groups in total. The van der Waals surface area contributed by atoms with Gasteiger partial charge in [0, 0.05) is 13.1 Å². The smallest absolute Gasteiger partial charge is 0.294 e. The van der Waals surface area contributed by atoms with E-state index in [1.165, 1.54) is 0 Å². The zero-order valence-corrected chi connectivity index (χ0v) is 27.5. The molecule has 2 aliphatic heterocycles. The van der Waals surface area contributed by atoms with Crippen molar-refractivity contribution in [3.8, 4) is 11.5 Å². The molecule has 0 aliphatic carbocycles. The standard InChI is InChI=1S/C31H28BrCl2N3O6S/c1-2-42-26-15-20(13-21(32)29(26)43-18-19-7-8-22(33)23(34)14-19)16-27-30(39)37(31(40)44-27)17-28(38)35-24-5-3-4-6-25(24)36-9-11-41-12-10-36/h3-8,13-16H,2,9-12,17-18H2,1H3,(H,35,38)/b27-16+. The zero-order chi connectivity index (χ0) is 31.2. The number of anilines is 2. The highest BCUT2D eigenvalue weighted by Gasteiger charge is 2.36. The minimum absolute atomic E-state index is 0.190. The quantitative estimate of drug-likeness (QED) is 0.219. The maximum atomic E-state index is 13.2. The van der Waals surface area contributed by atoms with Crippen molar-refractivity contribution in [2.75, 3.05) is 49.7 Å². The van der Waals surface area contributed by atoms with Gasteiger partial charge in [-0.05, 0) is 88.2 Å². The van der Waals surface area contributed by atoms with Gasteiger partial charge in [-0.15, -0.1) is 0 Å². The first-order chi connectivity index (χ1) is 21.2. The van der Waals surface area contributed by atoms with E-state index in [0.717, 1.165) is 27.9 Å². The third-order valence-electron chi connectivity index (χ3n) is 6.70. The molecule has 0 unspecified atom stereocenters. The molecule has 2 aliphatic rings. The second-order valence-electron chi connectivity index (χ2n) is 9.73. The Morgan fingerprint density at radius 2 is 1.84 bits per heavy atom. The Morgan fingerprint density at radius 3 is 2.59 bits per heavy atom. The van der Waals surface area contributed by atoms with Crippen molar-refractivity contribution >= 4 is 85.4 Å². The predicted octanol–water partition coefficient (Wildman–Crippen LogP) is 7.25. The summed E-state index contributed by atoms with van der Waals surface area (Å²) in [6.07, 6.45) is 1.59. The number of carbonyl (C=O) groups excluding carboxylic acids is 3. The number of nitrogens with one attached hydrogen (secondary N) is 1. The monoisotopic (exact) mass is 719 g/mol. The van der Waals surface area contributed by atoms with E-state index >= 15 is 0 Å². The predicted molar refractivity (Wildman–Crippen MR) is 177 cm³/mol. The number of rotatable bonds is 10. The van der Waals surface area contributed by atoms with Crippen LogP contribution in [0.15, 0.2) is 64.0 Å². The van der Waals surface area contributed by atoms with Crippen LogP contribution in [-0.2, 0) is 20.9 Å². The largest absolute Gasteiger partial charge is 0.490 e. The van der Waals surface area contributed by atoms with Crippen LogP contribution in [0.5, 0.6) is 11.5 Å². The molecule has 44 heavy (non-hydrogen) atoms. The fraction of sp³-hybridized carbons (Fsp3) is 0.258. The van der Waals surface area contributed by atoms with Crippen molar-refractivity contribution in [2.24, 2.45) is 0 Å². The number of carbonyl (C=O) groups is 3. The molecule has 3 amide bonds. The minimum atomic E-state index is -0.550. The van der Waals surface area contributed by atoms with Crippen molar-refractivity contribution in [3.63, 3.8) is 0 Å². The summed E-state index contributed by atoms with van der Waals surface area (Å²) >= 11 is 16.5. The molecule has 0 radical (unpaired) electrons. The lowest BCUT2D eigenvalue weighted by atomic mass is 10.1. The van der Waals surface area contributed by atoms with Crippen LogP contribution < -0.4 is 19.7 Å². The highest BCUT2D eigenvalue weighted by atomic mass is 79.9. The number of hydrogen-bond donors (Lipinski definition) is 1. The molecule has 9 nitrogen and oxygen atoms in total. The Bertz CT molecular complexity index is 1620. The number of thioether (sulfide) groups is 1. The first-order valence-corrected chi connectivity index (χ1v) is 16.1. The highest BCUT2D eigenvalue weighted by molar-refractivity contribution is 9.10. The van der Waals surface area contributed by atoms with Gasteiger partial charge in [-0.2, -0.15) is 0 Å². The molecule has 5 rings (SSSR count). The molecule has 0 spiro atoms. The lowest BCUT2D eigenvalue weighted by molar-refractivity contribution is -0.127. The number of halogens is 3. The van der Waals surface area contributed by atoms with Crippen LogP contribution in [0.4, 0.5) is 16.2 Å². The summed E-state index contributed by atoms with van der Waals surface area (Å²) < 4.78 is 17.9. The van der Waals surface area contributed by atoms with E-state index in [1.807, 2.05) is 31.2 Å². The second kappa shape index (κ2) is 14.7. The molecule has 0 atom stereocenters. The SMILES string of the molecule is CCOc1cc(/C=C2/SC(=O)N(CC(=O)Nc3ccccc3N3CCOCC3)C2=O)cc(Br)c1OCc1ccc(Cl)c(Cl)c1. The molecule has 3 aromatic carbocycles. The van der Waals surface area contributed by atoms with Gasteiger partial charge in [0.05, 0.1) is 50.6 Å². The van der Waals surface area contributed by atoms with Crippen LogP contribution >= 0.6 is 50.9 Å². The van der Waals surface area contributed by atoms with Gasteiger partial charge < -0.3 is 24.4 Å². The number of ether oxygens (including phenoxy) is 3. The first-order valence-electron chi connectivity index (χ1n) is 13.7. The normalized spacial score (nSPS) is 16.0. The Kier molecular flexibility index (Phi) is 10.8. The average Bonchev–Trinajstić information content (AvgIpc) is 3.26. The van der Waals surface area contributed by atoms with Gasteiger partial charge >= 0.3 is 0 Å². The summed E-state index contributed by atoms with van der Waals surface area (Å²) in [4.78, 5) is 42.3. The van der Waals surface area contributed by atoms with Gasteiger partial charge in [-0.1, -0.05) is 41.4 Å². The minimum Gasteiger partial charge on any atom is -0.490 e. The summed E-state index contributed by atoms with van der Waals surface area (Å²) in [5, 5.41) is 3.21. The summed E-state index contributed by atoms with van der Waals surface area (Å²) in [5.74, 6) is -0.104. The average molecular weight is 721 g/mol. The van der Waals surface area contributed by atoms with E-state index < -0.39 is 23.6 Å². The van der Waals surface area contributed by atoms with Crippen molar-refractivity contribution < 1.29 is 28.6 Å². The molecule has 0 saturated carbocycles. The molecule has 2 saturated heterocycles. The molecule has 0 bridgehead atoms. The Labute approximate surface area is 277 Å². The van der Waals surface area contributed by atoms with Crippen molar-refractivity contribution in [1.82, 2.24) is 4.90 Å². The summed E-state index contributed by atoms with van der Waals surface area (Å²) in [5.41, 5.74) is 2.90. The maximum Gasteiger partial charge on any atom is 0.294 e. The molecule has 2 heterocycles. The van der Waals surface area contributed by atoms with Crippen LogP contribution in [-0.4, -0.2) is 61.4 Å². The summed E-state index contributed by atoms with van der Waals surface area (Å²) in [7, 11) is 0. The molecular formula is C31H28BrCl2N3O6S. The van der Waals surface area contributed by atoms with Gasteiger partial charge in [0.25, 0.3) is 11.1 Å². The zero-order valence-electron chi connectivity index (χ0n) is 23.6. The van der Waals surface area contributed by atoms with Gasteiger partial charge in [0.2, 0.25) is 5.91 Å². The van der Waals surface area contributed by atoms with Crippen molar-refractivity contribution in [3.05, 3.63) is 85.1 Å². The maximum absolute atomic E-state index is 13.2. The lowest BCUT2D eigenvalue weighted by Crippen LogP contribution is -2.38. The molecule has 0 aromatic heterocycles. The summed E-state index contributed by atoms with van der Waals surface area (Å²) in [6.45, 7) is 4.63. The number of amides is 3. The van der Waals surface area contributed by atoms with Gasteiger partial charge in [0.1, 0.15) is 13.2 Å². The number of hydrogen-bond acceptors (Lipinski definition) is 8. The molecule has 3 aromatic rings. The van der Waals surface area contributed by atoms with Crippen LogP contribution in [0.2, 0.25) is 10.0 Å². The fourth-order valence-electron chi connectivity index (χ4n) is 4.64. The molecule has 13 heteroatoms. The van der Waals surface area contributed by atoms with Crippen LogP contribution in [0.3, 0.4) is 0 Å². The number of benzene rings is 3. The van der Waals surface area contributed by atoms with Crippen molar-refractivity contribution in [1.29, 1.82) is 0 Å². The first kappa shape index (κ1) is 32.2. The lowest BCUT2D eigenvalue weighted by Gasteiger charge is -2.30. The number of morpholine rings is 1. The number of nitrogens with zero attached hydrogens (tertiary/aromatic N) is 2. The van der Waals surface area contributed by atoms with Gasteiger partial charge in [-0.3, -0.25) is 19.3 Å². The Morgan fingerprint density at radius 1 is 1.07 bits per heavy atom. The van der Waals surface area contributed by atoms with E-state index in [4.69, 9.17) is 37.4 Å². The van der Waals surface area contributed by atoms with Crippen LogP contribution in [0.1, 0.15) is 18.1 Å². The van der Waals surface area contributed by atoms with E-state index in [9.17, 15) is 14.4 Å². The third kappa shape index (κ3) is 7.70. The Hall–Kier alpha value is -3.22. The van der Waals surface area contributed by atoms with Gasteiger partial charge in [-0.25, -0.2) is 0 Å². The number of imide groups is 1. The highest BCUT2D eigenvalue weighted by Crippen LogP contribution is 2.40. The van der Waals surface area contributed by atoms with Crippen LogP contribution in [0, 0.1) is 0 Å². The number of para-hydroxylation sites is 2. The molecular weight excluding hydrogens is 693 g/mol. The fourth-order valence-corrected chi connectivity index (χ4v) is 6.37. The van der Waals surface area contributed by atoms with Gasteiger partial charge in [0.15, 0.2) is 11.5 Å². The third-order valence-corrected chi connectivity index (χ3v) is 8.94.